The van der Waals surface area contributed by atoms with Gasteiger partial charge in [-0.15, -0.1) is 0 Å². The zero-order valence-corrected chi connectivity index (χ0v) is 11.0. The second-order valence-electron chi connectivity index (χ2n) is 4.61. The molecule has 0 saturated carbocycles. The lowest BCUT2D eigenvalue weighted by atomic mass is 10.1. The first-order chi connectivity index (χ1) is 8.41. The molecule has 1 aromatic rings. The molecule has 0 aliphatic carbocycles. The van der Waals surface area contributed by atoms with Crippen LogP contribution in [0, 0.1) is 5.92 Å². The summed E-state index contributed by atoms with van der Waals surface area (Å²) in [4.78, 5) is 23.9. The van der Waals surface area contributed by atoms with Gasteiger partial charge in [0, 0.05) is 25.1 Å². The average molecular weight is 249 g/mol. The molecular formula is C14H19NO3. The van der Waals surface area contributed by atoms with Gasteiger partial charge in [0.25, 0.3) is 0 Å². The highest BCUT2D eigenvalue weighted by molar-refractivity contribution is 5.94. The topological polar surface area (TPSA) is 57.6 Å². The summed E-state index contributed by atoms with van der Waals surface area (Å²) in [5.74, 6) is -0.777. The Kier molecular flexibility index (Phi) is 4.89. The fraction of sp³-hybridized carbons (Fsp3) is 0.429. The monoisotopic (exact) mass is 249 g/mol. The van der Waals surface area contributed by atoms with Gasteiger partial charge in [-0.05, 0) is 24.1 Å². The first-order valence-electron chi connectivity index (χ1n) is 6.00. The van der Waals surface area contributed by atoms with Crippen molar-refractivity contribution in [3.63, 3.8) is 0 Å². The standard InChI is InChI=1S/C14H19NO3/c1-10(2)14(18)15(3)12-7-4-11(5-8-12)6-9-13(16)17/h4-5,7-8,10H,6,9H2,1-3H3,(H,16,17). The third-order valence-corrected chi connectivity index (χ3v) is 2.78. The minimum atomic E-state index is -0.800. The maximum absolute atomic E-state index is 11.8. The van der Waals surface area contributed by atoms with Crippen molar-refractivity contribution >= 4 is 17.6 Å². The van der Waals surface area contributed by atoms with Crippen molar-refractivity contribution in [3.05, 3.63) is 29.8 Å². The molecule has 0 radical (unpaired) electrons. The molecule has 1 rings (SSSR count). The van der Waals surface area contributed by atoms with E-state index >= 15 is 0 Å². The number of hydrogen-bond acceptors (Lipinski definition) is 2. The zero-order chi connectivity index (χ0) is 13.7. The summed E-state index contributed by atoms with van der Waals surface area (Å²) < 4.78 is 0. The van der Waals surface area contributed by atoms with Crippen LogP contribution in [0.4, 0.5) is 5.69 Å². The van der Waals surface area contributed by atoms with Gasteiger partial charge in [0.1, 0.15) is 0 Å². The number of anilines is 1. The van der Waals surface area contributed by atoms with E-state index in [1.54, 1.807) is 11.9 Å². The van der Waals surface area contributed by atoms with Crippen LogP contribution in [0.1, 0.15) is 25.8 Å². The molecule has 1 aromatic carbocycles. The fourth-order valence-electron chi connectivity index (χ4n) is 1.65. The van der Waals surface area contributed by atoms with Gasteiger partial charge in [-0.1, -0.05) is 26.0 Å². The smallest absolute Gasteiger partial charge is 0.303 e. The second-order valence-corrected chi connectivity index (χ2v) is 4.61. The molecule has 0 heterocycles. The number of aliphatic carboxylic acids is 1. The van der Waals surface area contributed by atoms with Crippen LogP contribution in [0.5, 0.6) is 0 Å². The number of aryl methyl sites for hydroxylation is 1. The third kappa shape index (κ3) is 3.87. The molecule has 1 amide bonds. The Bertz CT molecular complexity index is 423. The minimum absolute atomic E-state index is 0.0401. The van der Waals surface area contributed by atoms with E-state index in [-0.39, 0.29) is 18.2 Å². The molecule has 4 heteroatoms. The number of carboxylic acid groups (broad SMARTS) is 1. The highest BCUT2D eigenvalue weighted by Gasteiger charge is 2.14. The molecule has 0 aliphatic heterocycles. The Morgan fingerprint density at radius 2 is 1.78 bits per heavy atom. The fourth-order valence-corrected chi connectivity index (χ4v) is 1.65. The minimum Gasteiger partial charge on any atom is -0.481 e. The van der Waals surface area contributed by atoms with Crippen molar-refractivity contribution in [1.29, 1.82) is 0 Å². The van der Waals surface area contributed by atoms with Gasteiger partial charge in [0.15, 0.2) is 0 Å². The molecule has 0 saturated heterocycles. The normalized spacial score (nSPS) is 10.4. The van der Waals surface area contributed by atoms with Crippen LogP contribution in [0.3, 0.4) is 0 Å². The number of carboxylic acids is 1. The van der Waals surface area contributed by atoms with Gasteiger partial charge in [0.2, 0.25) is 5.91 Å². The third-order valence-electron chi connectivity index (χ3n) is 2.78. The molecule has 0 bridgehead atoms. The van der Waals surface area contributed by atoms with Crippen molar-refractivity contribution in [3.8, 4) is 0 Å². The zero-order valence-electron chi connectivity index (χ0n) is 11.0. The molecule has 98 valence electrons. The lowest BCUT2D eigenvalue weighted by molar-refractivity contribution is -0.137. The molecule has 0 aliphatic rings. The molecule has 0 aromatic heterocycles. The number of nitrogens with zero attached hydrogens (tertiary/aromatic N) is 1. The molecule has 0 spiro atoms. The number of hydrogen-bond donors (Lipinski definition) is 1. The van der Waals surface area contributed by atoms with E-state index in [0.717, 1.165) is 11.3 Å². The van der Waals surface area contributed by atoms with Gasteiger partial charge < -0.3 is 10.0 Å². The number of rotatable bonds is 5. The molecule has 1 N–H and O–H groups in total. The summed E-state index contributed by atoms with van der Waals surface area (Å²) in [6.07, 6.45) is 0.636. The SMILES string of the molecule is CC(C)C(=O)N(C)c1ccc(CCC(=O)O)cc1. The Morgan fingerprint density at radius 1 is 1.22 bits per heavy atom. The van der Waals surface area contributed by atoms with E-state index in [2.05, 4.69) is 0 Å². The predicted octanol–water partition coefficient (Wildman–Crippen LogP) is 2.32. The van der Waals surface area contributed by atoms with Gasteiger partial charge in [-0.25, -0.2) is 0 Å². The number of amides is 1. The van der Waals surface area contributed by atoms with Crippen molar-refractivity contribution in [1.82, 2.24) is 0 Å². The maximum atomic E-state index is 11.8. The maximum Gasteiger partial charge on any atom is 0.303 e. The Labute approximate surface area is 107 Å². The first kappa shape index (κ1) is 14.2. The summed E-state index contributed by atoms with van der Waals surface area (Å²) in [6, 6.07) is 7.42. The van der Waals surface area contributed by atoms with E-state index in [4.69, 9.17) is 5.11 Å². The summed E-state index contributed by atoms with van der Waals surface area (Å²) in [7, 11) is 1.74. The molecule has 0 unspecified atom stereocenters. The van der Waals surface area contributed by atoms with Crippen molar-refractivity contribution < 1.29 is 14.7 Å². The van der Waals surface area contributed by atoms with E-state index in [1.165, 1.54) is 0 Å². The van der Waals surface area contributed by atoms with Gasteiger partial charge >= 0.3 is 5.97 Å². The lowest BCUT2D eigenvalue weighted by Crippen LogP contribution is -2.30. The van der Waals surface area contributed by atoms with Crippen LogP contribution in [-0.4, -0.2) is 24.0 Å². The van der Waals surface area contributed by atoms with E-state index in [0.29, 0.717) is 6.42 Å². The summed E-state index contributed by atoms with van der Waals surface area (Å²) in [6.45, 7) is 3.72. The highest BCUT2D eigenvalue weighted by atomic mass is 16.4. The van der Waals surface area contributed by atoms with Crippen molar-refractivity contribution in [2.24, 2.45) is 5.92 Å². The van der Waals surface area contributed by atoms with Crippen LogP contribution in [0.2, 0.25) is 0 Å². The van der Waals surface area contributed by atoms with Crippen molar-refractivity contribution in [2.45, 2.75) is 26.7 Å². The van der Waals surface area contributed by atoms with Gasteiger partial charge in [-0.3, -0.25) is 9.59 Å². The summed E-state index contributed by atoms with van der Waals surface area (Å²) in [5, 5.41) is 8.60. The quantitative estimate of drug-likeness (QED) is 0.871. The number of carbonyl (C=O) groups excluding carboxylic acids is 1. The highest BCUT2D eigenvalue weighted by Crippen LogP contribution is 2.16. The Balaban J connectivity index is 2.70. The lowest BCUT2D eigenvalue weighted by Gasteiger charge is -2.19. The summed E-state index contributed by atoms with van der Waals surface area (Å²) >= 11 is 0. The summed E-state index contributed by atoms with van der Waals surface area (Å²) in [5.41, 5.74) is 1.79. The van der Waals surface area contributed by atoms with Crippen LogP contribution in [0.25, 0.3) is 0 Å². The van der Waals surface area contributed by atoms with Gasteiger partial charge in [-0.2, -0.15) is 0 Å². The predicted molar refractivity (Wildman–Crippen MR) is 70.6 cm³/mol. The van der Waals surface area contributed by atoms with E-state index in [1.807, 2.05) is 38.1 Å². The van der Waals surface area contributed by atoms with Crippen LogP contribution in [-0.2, 0) is 16.0 Å². The van der Waals surface area contributed by atoms with Crippen LogP contribution in [0.15, 0.2) is 24.3 Å². The Hall–Kier alpha value is -1.84. The Morgan fingerprint density at radius 3 is 2.22 bits per heavy atom. The number of carbonyl (C=O) groups is 2. The van der Waals surface area contributed by atoms with E-state index in [9.17, 15) is 9.59 Å². The molecular weight excluding hydrogens is 230 g/mol. The molecule has 0 fully saturated rings. The number of benzene rings is 1. The molecule has 0 atom stereocenters. The van der Waals surface area contributed by atoms with Crippen molar-refractivity contribution in [2.75, 3.05) is 11.9 Å². The second kappa shape index (κ2) is 6.19. The van der Waals surface area contributed by atoms with Gasteiger partial charge in [0.05, 0.1) is 0 Å². The van der Waals surface area contributed by atoms with Crippen LogP contribution >= 0.6 is 0 Å². The first-order valence-corrected chi connectivity index (χ1v) is 6.00. The average Bonchev–Trinajstić information content (AvgIpc) is 2.35. The molecule has 4 nitrogen and oxygen atoms in total. The van der Waals surface area contributed by atoms with Crippen LogP contribution < -0.4 is 4.90 Å². The van der Waals surface area contributed by atoms with E-state index < -0.39 is 5.97 Å². The molecule has 18 heavy (non-hydrogen) atoms. The largest absolute Gasteiger partial charge is 0.481 e.